The van der Waals surface area contributed by atoms with Gasteiger partial charge in [-0.15, -0.1) is 0 Å². The smallest absolute Gasteiger partial charge is 0.410 e. The maximum absolute atomic E-state index is 11.5. The van der Waals surface area contributed by atoms with Gasteiger partial charge in [0.1, 0.15) is 12.1 Å². The van der Waals surface area contributed by atoms with Crippen LogP contribution in [0.15, 0.2) is 0 Å². The molecule has 0 saturated heterocycles. The van der Waals surface area contributed by atoms with Crippen molar-refractivity contribution in [3.8, 4) is 0 Å². The second kappa shape index (κ2) is 5.55. The molecular formula is C9H18N2O4. The zero-order chi connectivity index (χ0) is 12.1. The fourth-order valence-corrected chi connectivity index (χ4v) is 0.880. The summed E-state index contributed by atoms with van der Waals surface area (Å²) in [6.45, 7) is 5.12. The van der Waals surface area contributed by atoms with E-state index >= 15 is 0 Å². The fraction of sp³-hybridized carbons (Fsp3) is 0.778. The molecule has 0 radical (unpaired) electrons. The number of carboxylic acid groups (broad SMARTS) is 1. The van der Waals surface area contributed by atoms with E-state index in [0.29, 0.717) is 0 Å². The zero-order valence-corrected chi connectivity index (χ0v) is 9.32. The number of aliphatic carboxylic acids is 1. The van der Waals surface area contributed by atoms with E-state index in [1.807, 2.05) is 0 Å². The Morgan fingerprint density at radius 3 is 2.27 bits per heavy atom. The van der Waals surface area contributed by atoms with Gasteiger partial charge in [-0.3, -0.25) is 9.69 Å². The van der Waals surface area contributed by atoms with Crippen molar-refractivity contribution in [1.82, 2.24) is 4.90 Å². The SMILES string of the molecule is CC(C)(C)OC(=O)N(CCN)CC(=O)O. The van der Waals surface area contributed by atoms with Gasteiger partial charge in [0.15, 0.2) is 0 Å². The van der Waals surface area contributed by atoms with E-state index in [1.54, 1.807) is 20.8 Å². The molecule has 0 unspecified atom stereocenters. The third kappa shape index (κ3) is 6.73. The van der Waals surface area contributed by atoms with Crippen LogP contribution in [0.25, 0.3) is 0 Å². The Kier molecular flexibility index (Phi) is 5.07. The first-order valence-electron chi connectivity index (χ1n) is 4.66. The fourth-order valence-electron chi connectivity index (χ4n) is 0.880. The molecule has 0 aromatic rings. The summed E-state index contributed by atoms with van der Waals surface area (Å²) < 4.78 is 5.02. The molecule has 0 saturated carbocycles. The van der Waals surface area contributed by atoms with Gasteiger partial charge in [0.25, 0.3) is 0 Å². The van der Waals surface area contributed by atoms with Crippen LogP contribution in [0.5, 0.6) is 0 Å². The number of carbonyl (C=O) groups excluding carboxylic acids is 1. The Hall–Kier alpha value is -1.30. The van der Waals surface area contributed by atoms with Crippen molar-refractivity contribution in [3.05, 3.63) is 0 Å². The number of carbonyl (C=O) groups is 2. The molecule has 6 heteroatoms. The molecule has 0 aromatic carbocycles. The standard InChI is InChI=1S/C9H18N2O4/c1-9(2,3)15-8(14)11(5-4-10)6-7(12)13/h4-6,10H2,1-3H3,(H,12,13). The zero-order valence-electron chi connectivity index (χ0n) is 9.32. The predicted octanol–water partition coefficient (Wildman–Crippen LogP) is 0.267. The molecule has 0 heterocycles. The first-order valence-corrected chi connectivity index (χ1v) is 4.66. The first kappa shape index (κ1) is 13.7. The summed E-state index contributed by atoms with van der Waals surface area (Å²) in [5.41, 5.74) is 4.63. The maximum atomic E-state index is 11.5. The Bertz CT molecular complexity index is 235. The number of hydrogen-bond donors (Lipinski definition) is 2. The van der Waals surface area contributed by atoms with Gasteiger partial charge in [-0.05, 0) is 20.8 Å². The summed E-state index contributed by atoms with van der Waals surface area (Å²) in [6, 6.07) is 0. The lowest BCUT2D eigenvalue weighted by atomic mass is 10.2. The number of hydrogen-bond acceptors (Lipinski definition) is 4. The Balaban J connectivity index is 4.35. The van der Waals surface area contributed by atoms with E-state index in [4.69, 9.17) is 15.6 Å². The minimum atomic E-state index is -1.09. The minimum Gasteiger partial charge on any atom is -0.480 e. The van der Waals surface area contributed by atoms with E-state index in [9.17, 15) is 9.59 Å². The van der Waals surface area contributed by atoms with E-state index in [0.717, 1.165) is 4.90 Å². The van der Waals surface area contributed by atoms with E-state index < -0.39 is 24.2 Å². The van der Waals surface area contributed by atoms with Crippen LogP contribution in [0.4, 0.5) is 4.79 Å². The highest BCUT2D eigenvalue weighted by molar-refractivity contribution is 5.76. The normalized spacial score (nSPS) is 10.9. The average Bonchev–Trinajstić information content (AvgIpc) is 1.99. The minimum absolute atomic E-state index is 0.168. The number of rotatable bonds is 4. The third-order valence-electron chi connectivity index (χ3n) is 1.38. The van der Waals surface area contributed by atoms with Crippen LogP contribution in [0.3, 0.4) is 0 Å². The molecule has 0 aliphatic carbocycles. The highest BCUT2D eigenvalue weighted by atomic mass is 16.6. The summed E-state index contributed by atoms with van der Waals surface area (Å²) in [5.74, 6) is -1.09. The van der Waals surface area contributed by atoms with Gasteiger partial charge in [0, 0.05) is 13.1 Å². The molecule has 0 spiro atoms. The molecule has 0 rings (SSSR count). The second-order valence-electron chi connectivity index (χ2n) is 4.08. The van der Waals surface area contributed by atoms with Crippen molar-refractivity contribution in [1.29, 1.82) is 0 Å². The van der Waals surface area contributed by atoms with Crippen LogP contribution >= 0.6 is 0 Å². The van der Waals surface area contributed by atoms with Crippen LogP contribution in [0.2, 0.25) is 0 Å². The summed E-state index contributed by atoms with van der Waals surface area (Å²) in [5, 5.41) is 8.57. The van der Waals surface area contributed by atoms with Gasteiger partial charge >= 0.3 is 12.1 Å². The maximum Gasteiger partial charge on any atom is 0.410 e. The molecule has 0 aliphatic rings. The van der Waals surface area contributed by atoms with Crippen molar-refractivity contribution in [2.75, 3.05) is 19.6 Å². The Labute approximate surface area is 89.0 Å². The van der Waals surface area contributed by atoms with Crippen molar-refractivity contribution < 1.29 is 19.4 Å². The molecule has 0 bridgehead atoms. The number of amides is 1. The molecule has 0 atom stereocenters. The predicted molar refractivity (Wildman–Crippen MR) is 54.5 cm³/mol. The van der Waals surface area contributed by atoms with Gasteiger partial charge < -0.3 is 15.6 Å². The second-order valence-corrected chi connectivity index (χ2v) is 4.08. The van der Waals surface area contributed by atoms with Crippen molar-refractivity contribution in [2.45, 2.75) is 26.4 Å². The van der Waals surface area contributed by atoms with Crippen LogP contribution < -0.4 is 5.73 Å². The van der Waals surface area contributed by atoms with Crippen molar-refractivity contribution >= 4 is 12.1 Å². The number of carboxylic acids is 1. The van der Waals surface area contributed by atoms with Gasteiger partial charge in [-0.25, -0.2) is 4.79 Å². The Morgan fingerprint density at radius 2 is 1.93 bits per heavy atom. The lowest BCUT2D eigenvalue weighted by Gasteiger charge is -2.25. The van der Waals surface area contributed by atoms with Crippen LogP contribution in [-0.2, 0) is 9.53 Å². The topological polar surface area (TPSA) is 92.9 Å². The first-order chi connectivity index (χ1) is 6.76. The quantitative estimate of drug-likeness (QED) is 0.706. The van der Waals surface area contributed by atoms with Gasteiger partial charge in [0.2, 0.25) is 0 Å². The van der Waals surface area contributed by atoms with Crippen molar-refractivity contribution in [3.63, 3.8) is 0 Å². The largest absolute Gasteiger partial charge is 0.480 e. The van der Waals surface area contributed by atoms with Gasteiger partial charge in [0.05, 0.1) is 0 Å². The summed E-state index contributed by atoms with van der Waals surface area (Å²) in [7, 11) is 0. The van der Waals surface area contributed by atoms with E-state index in [-0.39, 0.29) is 13.1 Å². The number of ether oxygens (including phenoxy) is 1. The molecule has 1 amide bonds. The summed E-state index contributed by atoms with van der Waals surface area (Å²) in [6.07, 6.45) is -0.657. The third-order valence-corrected chi connectivity index (χ3v) is 1.38. The van der Waals surface area contributed by atoms with Gasteiger partial charge in [-0.1, -0.05) is 0 Å². The summed E-state index contributed by atoms with van der Waals surface area (Å²) >= 11 is 0. The Morgan fingerprint density at radius 1 is 1.40 bits per heavy atom. The lowest BCUT2D eigenvalue weighted by molar-refractivity contribution is -0.138. The highest BCUT2D eigenvalue weighted by Crippen LogP contribution is 2.09. The lowest BCUT2D eigenvalue weighted by Crippen LogP contribution is -2.42. The van der Waals surface area contributed by atoms with E-state index in [2.05, 4.69) is 0 Å². The molecule has 88 valence electrons. The van der Waals surface area contributed by atoms with E-state index in [1.165, 1.54) is 0 Å². The highest BCUT2D eigenvalue weighted by Gasteiger charge is 2.22. The number of nitrogens with zero attached hydrogens (tertiary/aromatic N) is 1. The van der Waals surface area contributed by atoms with Crippen LogP contribution in [0.1, 0.15) is 20.8 Å². The van der Waals surface area contributed by atoms with Crippen molar-refractivity contribution in [2.24, 2.45) is 5.73 Å². The molecule has 0 fully saturated rings. The van der Waals surface area contributed by atoms with Crippen LogP contribution in [0, 0.1) is 0 Å². The average molecular weight is 218 g/mol. The monoisotopic (exact) mass is 218 g/mol. The molecule has 0 aromatic heterocycles. The summed E-state index contributed by atoms with van der Waals surface area (Å²) in [4.78, 5) is 23.0. The molecule has 3 N–H and O–H groups in total. The molecular weight excluding hydrogens is 200 g/mol. The molecule has 6 nitrogen and oxygen atoms in total. The molecule has 0 aliphatic heterocycles. The van der Waals surface area contributed by atoms with Gasteiger partial charge in [-0.2, -0.15) is 0 Å². The molecule has 15 heavy (non-hydrogen) atoms. The van der Waals surface area contributed by atoms with Crippen LogP contribution in [-0.4, -0.2) is 47.3 Å². The number of nitrogens with two attached hydrogens (primary N) is 1.